The number of H-pyrrole nitrogens is 2. The van der Waals surface area contributed by atoms with Crippen LogP contribution in [0.25, 0.3) is 46.4 Å². The summed E-state index contributed by atoms with van der Waals surface area (Å²) in [4.78, 5) is 14.9. The molecular formula is C36H46N4O16. The average Bonchev–Trinajstić information content (AvgIpc) is 4.05. The van der Waals surface area contributed by atoms with Gasteiger partial charge in [-0.15, -0.1) is 0 Å². The van der Waals surface area contributed by atoms with E-state index in [9.17, 15) is 81.7 Å². The minimum atomic E-state index is -2.02. The molecule has 5 heterocycles. The normalized spacial score (nSPS) is 19.4. The maximum atomic E-state index is 11.4. The fraction of sp³-hybridized carbons (Fsp3) is 0.444. The molecule has 18 N–H and O–H groups in total. The highest BCUT2D eigenvalue weighted by Crippen LogP contribution is 2.37. The predicted octanol–water partition coefficient (Wildman–Crippen LogP) is -4.35. The summed E-state index contributed by atoms with van der Waals surface area (Å²) in [7, 11) is 0. The summed E-state index contributed by atoms with van der Waals surface area (Å²) in [5.41, 5.74) is -1.52. The SMILES string of the molecule is OC[C@@H](O)[C@@H](O)[C@H](O)c1c2nc(c([C@@H](O)[C@H](O)[C@H](O)CO)c3ccc([nH]3)c([C@@H](O)[C@H](O)[C@H](O)CO)c3nc(c([C@@H](O)[C@H](O)[C@H](O)CO)c4ccc1[nH]4)C=C3)C=C2. The Balaban J connectivity index is 2.01. The summed E-state index contributed by atoms with van der Waals surface area (Å²) < 4.78 is 0. The minimum Gasteiger partial charge on any atom is -0.394 e. The molecule has 0 saturated heterocycles. The number of hydrogen-bond acceptors (Lipinski definition) is 18. The monoisotopic (exact) mass is 790 g/mol. The second-order valence-corrected chi connectivity index (χ2v) is 13.4. The number of fused-ring (bicyclic) bond motifs is 8. The van der Waals surface area contributed by atoms with E-state index in [-0.39, 0.29) is 67.1 Å². The van der Waals surface area contributed by atoms with Crippen molar-refractivity contribution in [1.29, 1.82) is 0 Å². The van der Waals surface area contributed by atoms with E-state index in [1.54, 1.807) is 0 Å². The molecule has 0 amide bonds. The van der Waals surface area contributed by atoms with Gasteiger partial charge >= 0.3 is 0 Å². The Bertz CT molecular complexity index is 1790. The molecule has 0 unspecified atom stereocenters. The summed E-state index contributed by atoms with van der Waals surface area (Å²) in [6.07, 6.45) is -18.3. The molecule has 3 aromatic heterocycles. The Kier molecular flexibility index (Phi) is 13.9. The first kappa shape index (κ1) is 43.1. The van der Waals surface area contributed by atoms with Gasteiger partial charge in [0.05, 0.1) is 49.2 Å². The fourth-order valence-corrected chi connectivity index (χ4v) is 6.49. The summed E-state index contributed by atoms with van der Waals surface area (Å²) in [6, 6.07) is 5.37. The molecule has 2 aliphatic rings. The number of rotatable bonds is 16. The number of hydrogen-bond donors (Lipinski definition) is 18. The van der Waals surface area contributed by atoms with Crippen molar-refractivity contribution in [2.75, 3.05) is 26.4 Å². The van der Waals surface area contributed by atoms with Gasteiger partial charge in [0.2, 0.25) is 0 Å². The Morgan fingerprint density at radius 2 is 0.554 bits per heavy atom. The van der Waals surface area contributed by atoms with Crippen molar-refractivity contribution in [3.63, 3.8) is 0 Å². The lowest BCUT2D eigenvalue weighted by molar-refractivity contribution is -0.0776. The number of aromatic amines is 2. The van der Waals surface area contributed by atoms with Crippen molar-refractivity contribution in [2.24, 2.45) is 0 Å². The minimum absolute atomic E-state index is 0.0362. The fourth-order valence-electron chi connectivity index (χ4n) is 6.49. The molecule has 0 saturated carbocycles. The van der Waals surface area contributed by atoms with Crippen molar-refractivity contribution >= 4 is 46.4 Å². The third kappa shape index (κ3) is 8.32. The molecule has 20 heteroatoms. The van der Waals surface area contributed by atoms with E-state index in [2.05, 4.69) is 19.9 Å². The van der Waals surface area contributed by atoms with Gasteiger partial charge in [-0.2, -0.15) is 0 Å². The predicted molar refractivity (Wildman–Crippen MR) is 195 cm³/mol. The van der Waals surface area contributed by atoms with Gasteiger partial charge in [0.15, 0.2) is 0 Å². The van der Waals surface area contributed by atoms with Crippen LogP contribution in [-0.4, -0.2) is 177 Å². The third-order valence-corrected chi connectivity index (χ3v) is 9.72. The quantitative estimate of drug-likeness (QED) is 0.0449. The highest BCUT2D eigenvalue weighted by Gasteiger charge is 2.35. The van der Waals surface area contributed by atoms with Gasteiger partial charge in [-0.1, -0.05) is 0 Å². The summed E-state index contributed by atoms with van der Waals surface area (Å²) in [5.74, 6) is 0. The third-order valence-electron chi connectivity index (χ3n) is 9.72. The first-order valence-corrected chi connectivity index (χ1v) is 17.4. The number of aliphatic hydroxyl groups excluding tert-OH is 16. The van der Waals surface area contributed by atoms with Crippen molar-refractivity contribution < 1.29 is 81.7 Å². The van der Waals surface area contributed by atoms with E-state index in [0.29, 0.717) is 0 Å². The van der Waals surface area contributed by atoms with Crippen LogP contribution < -0.4 is 0 Å². The molecule has 0 aliphatic carbocycles. The Hall–Kier alpha value is -4.04. The van der Waals surface area contributed by atoms with Gasteiger partial charge in [-0.25, -0.2) is 9.97 Å². The highest BCUT2D eigenvalue weighted by atomic mass is 16.4. The zero-order valence-electron chi connectivity index (χ0n) is 29.4. The molecule has 0 fully saturated rings. The molecule has 306 valence electrons. The van der Waals surface area contributed by atoms with Crippen molar-refractivity contribution in [2.45, 2.75) is 73.2 Å². The number of aliphatic hydroxyl groups is 16. The zero-order valence-corrected chi connectivity index (χ0v) is 29.4. The Labute approximate surface area is 316 Å². The van der Waals surface area contributed by atoms with Gasteiger partial charge in [0.1, 0.15) is 73.2 Å². The second kappa shape index (κ2) is 18.0. The van der Waals surface area contributed by atoms with Gasteiger partial charge in [-0.05, 0) is 48.6 Å². The highest BCUT2D eigenvalue weighted by molar-refractivity contribution is 5.84. The molecule has 2 aliphatic heterocycles. The zero-order chi connectivity index (χ0) is 41.2. The molecular weight excluding hydrogens is 744 g/mol. The summed E-state index contributed by atoms with van der Waals surface area (Å²) in [5, 5.41) is 168. The van der Waals surface area contributed by atoms with Crippen LogP contribution in [0.3, 0.4) is 0 Å². The van der Waals surface area contributed by atoms with E-state index in [1.807, 2.05) is 0 Å². The summed E-state index contributed by atoms with van der Waals surface area (Å²) >= 11 is 0. The lowest BCUT2D eigenvalue weighted by Crippen LogP contribution is -2.35. The van der Waals surface area contributed by atoms with E-state index < -0.39 is 99.7 Å². The van der Waals surface area contributed by atoms with Crippen LogP contribution in [0.2, 0.25) is 0 Å². The molecule has 0 aromatic carbocycles. The van der Waals surface area contributed by atoms with E-state index in [1.165, 1.54) is 48.6 Å². The lowest BCUT2D eigenvalue weighted by atomic mass is 9.99. The van der Waals surface area contributed by atoms with Crippen LogP contribution in [0.4, 0.5) is 0 Å². The Morgan fingerprint density at radius 1 is 0.357 bits per heavy atom. The molecule has 12 atom stereocenters. The first-order valence-electron chi connectivity index (χ1n) is 17.4. The van der Waals surface area contributed by atoms with Gasteiger partial charge < -0.3 is 91.7 Å². The van der Waals surface area contributed by atoms with Crippen LogP contribution in [-0.2, 0) is 0 Å². The molecule has 8 bridgehead atoms. The number of nitrogens with one attached hydrogen (secondary N) is 2. The van der Waals surface area contributed by atoms with Crippen LogP contribution >= 0.6 is 0 Å². The lowest BCUT2D eigenvalue weighted by Gasteiger charge is -2.23. The van der Waals surface area contributed by atoms with Gasteiger partial charge in [-0.3, -0.25) is 0 Å². The van der Waals surface area contributed by atoms with E-state index >= 15 is 0 Å². The van der Waals surface area contributed by atoms with Crippen LogP contribution in [0.15, 0.2) is 24.3 Å². The van der Waals surface area contributed by atoms with Crippen molar-refractivity contribution in [3.05, 3.63) is 69.3 Å². The van der Waals surface area contributed by atoms with Gasteiger partial charge in [0.25, 0.3) is 0 Å². The van der Waals surface area contributed by atoms with Crippen LogP contribution in [0.5, 0.6) is 0 Å². The largest absolute Gasteiger partial charge is 0.394 e. The molecule has 20 nitrogen and oxygen atoms in total. The number of nitrogens with zero attached hydrogens (tertiary/aromatic N) is 2. The molecule has 3 aromatic rings. The molecule has 0 radical (unpaired) electrons. The van der Waals surface area contributed by atoms with E-state index in [0.717, 1.165) is 0 Å². The Morgan fingerprint density at radius 3 is 0.732 bits per heavy atom. The van der Waals surface area contributed by atoms with Crippen LogP contribution in [0.1, 0.15) is 69.4 Å². The van der Waals surface area contributed by atoms with E-state index in [4.69, 9.17) is 0 Å². The maximum absolute atomic E-state index is 11.4. The summed E-state index contributed by atoms with van der Waals surface area (Å²) in [6.45, 7) is -3.85. The smallest absolute Gasteiger partial charge is 0.112 e. The molecule has 5 rings (SSSR count). The van der Waals surface area contributed by atoms with Crippen LogP contribution in [0, 0.1) is 0 Å². The maximum Gasteiger partial charge on any atom is 0.112 e. The number of aromatic nitrogens is 4. The molecule has 0 spiro atoms. The topological polar surface area (TPSA) is 381 Å². The average molecular weight is 791 g/mol. The second-order valence-electron chi connectivity index (χ2n) is 13.4. The molecule has 56 heavy (non-hydrogen) atoms. The van der Waals surface area contributed by atoms with Crippen molar-refractivity contribution in [3.8, 4) is 0 Å². The van der Waals surface area contributed by atoms with Crippen molar-refractivity contribution in [1.82, 2.24) is 19.9 Å². The standard InChI is InChI=1S/C36H46N4O16/c41-9-21(45)29(49)33(53)25-13-1-2-14(37-13)26(34(54)30(50)22(46)10-42)16-5-6-18(39-16)28(36(56)32(52)24(48)12-44)20-8-7-19(40-20)27(17-4-3-15(25)38-17)35(55)31(51)23(47)11-43/h1-8,21-24,29-37,40-56H,9-12H2/t21-,22-,23-,24-,29-,30-,31-,32-,33-,34-,35-,36-/m1/s1. The first-order chi connectivity index (χ1) is 26.6. The van der Waals surface area contributed by atoms with Gasteiger partial charge in [0, 0.05) is 44.3 Å².